The molecule has 0 heterocycles. The number of anilines is 1. The zero-order valence-electron chi connectivity index (χ0n) is 19.8. The van der Waals surface area contributed by atoms with Gasteiger partial charge in [0.25, 0.3) is 10.0 Å². The lowest BCUT2D eigenvalue weighted by atomic mass is 10.1. The van der Waals surface area contributed by atoms with Gasteiger partial charge in [-0.15, -0.1) is 0 Å². The van der Waals surface area contributed by atoms with Crippen LogP contribution in [0, 0.1) is 0 Å². The van der Waals surface area contributed by atoms with Gasteiger partial charge in [-0.3, -0.25) is 9.10 Å². The van der Waals surface area contributed by atoms with E-state index in [1.807, 2.05) is 0 Å². The average molecular weight is 519 g/mol. The molecule has 3 rings (SSSR count). The average Bonchev–Trinajstić information content (AvgIpc) is 2.86. The molecule has 1 N–H and O–H groups in total. The summed E-state index contributed by atoms with van der Waals surface area (Å²) in [6.45, 7) is 1.31. The molecule has 0 spiro atoms. The van der Waals surface area contributed by atoms with Crippen LogP contribution in [-0.2, 0) is 14.8 Å². The molecule has 0 aromatic heterocycles. The number of rotatable bonds is 10. The van der Waals surface area contributed by atoms with Gasteiger partial charge in [0, 0.05) is 10.6 Å². The highest BCUT2D eigenvalue weighted by Crippen LogP contribution is 2.30. The van der Waals surface area contributed by atoms with Crippen molar-refractivity contribution in [2.24, 2.45) is 0 Å². The molecular formula is C25H27ClN2O6S. The van der Waals surface area contributed by atoms with Gasteiger partial charge in [0.15, 0.2) is 0 Å². The van der Waals surface area contributed by atoms with E-state index in [1.165, 1.54) is 32.4 Å². The van der Waals surface area contributed by atoms with E-state index in [2.05, 4.69) is 5.32 Å². The Hall–Kier alpha value is -3.43. The van der Waals surface area contributed by atoms with Gasteiger partial charge < -0.3 is 19.5 Å². The van der Waals surface area contributed by atoms with E-state index < -0.39 is 28.5 Å². The van der Waals surface area contributed by atoms with Gasteiger partial charge in [-0.05, 0) is 67.6 Å². The second kappa shape index (κ2) is 11.3. The minimum Gasteiger partial charge on any atom is -0.497 e. The Morgan fingerprint density at radius 3 is 2.20 bits per heavy atom. The molecule has 10 heteroatoms. The third-order valence-electron chi connectivity index (χ3n) is 5.31. The number of nitrogens with one attached hydrogen (secondary N) is 1. The van der Waals surface area contributed by atoms with Crippen LogP contribution < -0.4 is 23.8 Å². The second-order valence-electron chi connectivity index (χ2n) is 7.56. The Morgan fingerprint density at radius 1 is 0.943 bits per heavy atom. The minimum absolute atomic E-state index is 0.00795. The first-order chi connectivity index (χ1) is 16.7. The van der Waals surface area contributed by atoms with Gasteiger partial charge in [0.1, 0.15) is 23.8 Å². The summed E-state index contributed by atoms with van der Waals surface area (Å²) in [4.78, 5) is 13.1. The van der Waals surface area contributed by atoms with Crippen molar-refractivity contribution in [1.82, 2.24) is 5.32 Å². The molecular weight excluding hydrogens is 492 g/mol. The zero-order chi connectivity index (χ0) is 25.6. The Kier molecular flexibility index (Phi) is 8.48. The van der Waals surface area contributed by atoms with E-state index in [4.69, 9.17) is 25.8 Å². The first-order valence-electron chi connectivity index (χ1n) is 10.6. The standard InChI is InChI=1S/C25H27ClN2O6S/c1-17(23-15-21(33-3)10-13-24(23)34-4)27-25(29)16-28(19-7-5-6-18(26)14-19)35(30,31)22-11-8-20(32-2)9-12-22/h5-15,17H,16H2,1-4H3,(H,27,29)/t17-/m0/s1. The lowest BCUT2D eigenvalue weighted by molar-refractivity contribution is -0.120. The predicted molar refractivity (Wildman–Crippen MR) is 135 cm³/mol. The fourth-order valence-corrected chi connectivity index (χ4v) is 5.09. The molecule has 1 atom stereocenters. The van der Waals surface area contributed by atoms with E-state index in [0.29, 0.717) is 27.8 Å². The summed E-state index contributed by atoms with van der Waals surface area (Å²) in [6, 6.07) is 17.0. The zero-order valence-corrected chi connectivity index (χ0v) is 21.4. The summed E-state index contributed by atoms with van der Waals surface area (Å²) in [6.07, 6.45) is 0. The number of methoxy groups -OCH3 is 3. The van der Waals surface area contributed by atoms with Crippen LogP contribution in [-0.4, -0.2) is 42.2 Å². The maximum absolute atomic E-state index is 13.5. The molecule has 0 unspecified atom stereocenters. The van der Waals surface area contributed by atoms with Gasteiger partial charge in [-0.25, -0.2) is 8.42 Å². The molecule has 3 aromatic rings. The number of benzene rings is 3. The highest BCUT2D eigenvalue weighted by Gasteiger charge is 2.28. The van der Waals surface area contributed by atoms with Crippen LogP contribution in [0.15, 0.2) is 71.6 Å². The van der Waals surface area contributed by atoms with E-state index >= 15 is 0 Å². The minimum atomic E-state index is -4.10. The summed E-state index contributed by atoms with van der Waals surface area (Å²) in [5.74, 6) is 1.16. The Balaban J connectivity index is 1.91. The highest BCUT2D eigenvalue weighted by molar-refractivity contribution is 7.92. The van der Waals surface area contributed by atoms with Gasteiger partial charge in [0.2, 0.25) is 5.91 Å². The summed E-state index contributed by atoms with van der Waals surface area (Å²) in [7, 11) is 0.463. The van der Waals surface area contributed by atoms with Crippen LogP contribution in [0.1, 0.15) is 18.5 Å². The second-order valence-corrected chi connectivity index (χ2v) is 9.86. The summed E-state index contributed by atoms with van der Waals surface area (Å²) >= 11 is 6.12. The van der Waals surface area contributed by atoms with E-state index in [-0.39, 0.29) is 10.6 Å². The molecule has 0 saturated heterocycles. The lowest BCUT2D eigenvalue weighted by Gasteiger charge is -2.25. The number of sulfonamides is 1. The number of halogens is 1. The SMILES string of the molecule is COc1ccc(S(=O)(=O)N(CC(=O)N[C@@H](C)c2cc(OC)ccc2OC)c2cccc(Cl)c2)cc1. The number of amides is 1. The Morgan fingerprint density at radius 2 is 1.60 bits per heavy atom. The number of hydrogen-bond donors (Lipinski definition) is 1. The van der Waals surface area contributed by atoms with Crippen LogP contribution in [0.2, 0.25) is 5.02 Å². The molecule has 8 nitrogen and oxygen atoms in total. The van der Waals surface area contributed by atoms with Gasteiger partial charge in [-0.2, -0.15) is 0 Å². The van der Waals surface area contributed by atoms with Crippen molar-refractivity contribution < 1.29 is 27.4 Å². The molecule has 0 fully saturated rings. The van der Waals surface area contributed by atoms with Crippen LogP contribution in [0.3, 0.4) is 0 Å². The van der Waals surface area contributed by atoms with Gasteiger partial charge >= 0.3 is 0 Å². The molecule has 0 aliphatic carbocycles. The maximum Gasteiger partial charge on any atom is 0.264 e. The van der Waals surface area contributed by atoms with E-state index in [9.17, 15) is 13.2 Å². The number of carbonyl (C=O) groups is 1. The summed E-state index contributed by atoms with van der Waals surface area (Å²) in [5.41, 5.74) is 0.947. The van der Waals surface area contributed by atoms with Crippen molar-refractivity contribution in [2.45, 2.75) is 17.9 Å². The molecule has 0 bridgehead atoms. The van der Waals surface area contributed by atoms with Crippen molar-refractivity contribution >= 4 is 33.2 Å². The monoisotopic (exact) mass is 518 g/mol. The topological polar surface area (TPSA) is 94.2 Å². The third kappa shape index (κ3) is 6.17. The van der Waals surface area contributed by atoms with Crippen molar-refractivity contribution in [1.29, 1.82) is 0 Å². The van der Waals surface area contributed by atoms with E-state index in [1.54, 1.807) is 62.6 Å². The van der Waals surface area contributed by atoms with Crippen LogP contribution in [0.25, 0.3) is 0 Å². The molecule has 1 amide bonds. The molecule has 0 radical (unpaired) electrons. The van der Waals surface area contributed by atoms with Gasteiger partial charge in [0.05, 0.1) is 38.0 Å². The Labute approximate surface area is 210 Å². The van der Waals surface area contributed by atoms with Crippen molar-refractivity contribution in [3.63, 3.8) is 0 Å². The first kappa shape index (κ1) is 26.2. The molecule has 186 valence electrons. The van der Waals surface area contributed by atoms with Crippen molar-refractivity contribution in [2.75, 3.05) is 32.2 Å². The number of ether oxygens (including phenoxy) is 3. The predicted octanol–water partition coefficient (Wildman–Crippen LogP) is 4.44. The first-order valence-corrected chi connectivity index (χ1v) is 12.4. The molecule has 3 aromatic carbocycles. The summed E-state index contributed by atoms with van der Waals surface area (Å²) < 4.78 is 43.9. The van der Waals surface area contributed by atoms with Crippen LogP contribution in [0.4, 0.5) is 5.69 Å². The smallest absolute Gasteiger partial charge is 0.264 e. The van der Waals surface area contributed by atoms with E-state index in [0.717, 1.165) is 4.31 Å². The number of nitrogens with zero attached hydrogens (tertiary/aromatic N) is 1. The highest BCUT2D eigenvalue weighted by atomic mass is 35.5. The Bertz CT molecular complexity index is 1280. The quantitative estimate of drug-likeness (QED) is 0.426. The normalized spacial score (nSPS) is 11.9. The van der Waals surface area contributed by atoms with Crippen molar-refractivity contribution in [3.8, 4) is 17.2 Å². The lowest BCUT2D eigenvalue weighted by Crippen LogP contribution is -2.41. The molecule has 0 saturated carbocycles. The third-order valence-corrected chi connectivity index (χ3v) is 7.33. The van der Waals surface area contributed by atoms with Crippen LogP contribution in [0.5, 0.6) is 17.2 Å². The number of carbonyl (C=O) groups excluding carboxylic acids is 1. The fourth-order valence-electron chi connectivity index (χ4n) is 3.49. The summed E-state index contributed by atoms with van der Waals surface area (Å²) in [5, 5.41) is 3.19. The maximum atomic E-state index is 13.5. The van der Waals surface area contributed by atoms with Crippen LogP contribution >= 0.6 is 11.6 Å². The van der Waals surface area contributed by atoms with Gasteiger partial charge in [-0.1, -0.05) is 17.7 Å². The fraction of sp³-hybridized carbons (Fsp3) is 0.240. The largest absolute Gasteiger partial charge is 0.497 e. The molecule has 35 heavy (non-hydrogen) atoms. The number of hydrogen-bond acceptors (Lipinski definition) is 6. The molecule has 0 aliphatic heterocycles. The van der Waals surface area contributed by atoms with Crippen molar-refractivity contribution in [3.05, 3.63) is 77.3 Å². The molecule has 0 aliphatic rings.